The predicted octanol–water partition coefficient (Wildman–Crippen LogP) is 3.55. The Labute approximate surface area is 143 Å². The van der Waals surface area contributed by atoms with Gasteiger partial charge in [0.1, 0.15) is 0 Å². The topological polar surface area (TPSA) is 39.3 Å². The third kappa shape index (κ3) is 3.01. The van der Waals surface area contributed by atoms with E-state index >= 15 is 0 Å². The van der Waals surface area contributed by atoms with Crippen LogP contribution in [0.4, 0.5) is 0 Å². The molecule has 0 unspecified atom stereocenters. The molecule has 3 aromatic rings. The minimum atomic E-state index is 0.0754. The molecule has 0 aliphatic carbocycles. The summed E-state index contributed by atoms with van der Waals surface area (Å²) in [6.45, 7) is 2.96. The highest BCUT2D eigenvalue weighted by molar-refractivity contribution is 9.10. The number of rotatable bonds is 4. The molecule has 0 saturated heterocycles. The maximum absolute atomic E-state index is 12.6. The van der Waals surface area contributed by atoms with Crippen molar-refractivity contribution in [3.8, 4) is 0 Å². The molecule has 5 heteroatoms. The number of hydrogen-bond donors (Lipinski definition) is 0. The molecule has 23 heavy (non-hydrogen) atoms. The number of hydrogen-bond acceptors (Lipinski definition) is 2. The Kier molecular flexibility index (Phi) is 4.48. The lowest BCUT2D eigenvalue weighted by Gasteiger charge is -2.05. The minimum Gasteiger partial charge on any atom is -0.313 e. The smallest absolute Gasteiger partial charge is 0.206 e. The summed E-state index contributed by atoms with van der Waals surface area (Å²) in [4.78, 5) is 17.2. The summed E-state index contributed by atoms with van der Waals surface area (Å²) in [7, 11) is 1.98. The highest BCUT2D eigenvalue weighted by Gasteiger charge is 2.13. The zero-order valence-corrected chi connectivity index (χ0v) is 14.7. The van der Waals surface area contributed by atoms with E-state index in [2.05, 4.69) is 20.9 Å². The molecule has 0 N–H and O–H groups in total. The van der Waals surface area contributed by atoms with Crippen molar-refractivity contribution in [3.05, 3.63) is 64.2 Å². The first-order valence-corrected chi connectivity index (χ1v) is 8.34. The van der Waals surface area contributed by atoms with Crippen LogP contribution in [0, 0.1) is 0 Å². The number of carbonyl (C=O) groups excluding carboxylic acids is 1. The summed E-state index contributed by atoms with van der Waals surface area (Å²) in [5.41, 5.74) is 3.62. The van der Waals surface area contributed by atoms with Crippen molar-refractivity contribution >= 4 is 32.7 Å². The van der Waals surface area contributed by atoms with Crippen LogP contribution in [0.3, 0.4) is 0 Å². The highest BCUT2D eigenvalue weighted by Crippen LogP contribution is 2.14. The molecule has 118 valence electrons. The van der Waals surface area contributed by atoms with Crippen LogP contribution < -0.4 is 5.62 Å². The molecule has 0 fully saturated rings. The largest absolute Gasteiger partial charge is 0.313 e. The van der Waals surface area contributed by atoms with Gasteiger partial charge >= 0.3 is 0 Å². The first-order chi connectivity index (χ1) is 11.1. The molecule has 0 spiro atoms. The van der Waals surface area contributed by atoms with Gasteiger partial charge in [-0.25, -0.2) is 0 Å². The number of ketones is 1. The van der Waals surface area contributed by atoms with E-state index in [9.17, 15) is 4.79 Å². The standard InChI is InChI=1S/C18H18BrN3O/c1-3-20-18-21(2)15-6-4-5-7-16(15)22(18)12-17(23)13-8-10-14(19)11-9-13/h4-11H,3,12H2,1-2H3/b20-18-. The molecule has 1 aromatic heterocycles. The molecular formula is C18H18BrN3O. The lowest BCUT2D eigenvalue weighted by Crippen LogP contribution is -2.27. The fourth-order valence-corrected chi connectivity index (χ4v) is 3.00. The number of halogens is 1. The van der Waals surface area contributed by atoms with Gasteiger partial charge in [0, 0.05) is 23.6 Å². The Bertz CT molecular complexity index is 920. The SMILES string of the molecule is CC/N=c1/n(C)c2ccccc2n1CC(=O)c1ccc(Br)cc1. The Hall–Kier alpha value is -2.14. The third-order valence-corrected chi connectivity index (χ3v) is 4.37. The third-order valence-electron chi connectivity index (χ3n) is 3.84. The van der Waals surface area contributed by atoms with Crippen LogP contribution in [0.1, 0.15) is 17.3 Å². The van der Waals surface area contributed by atoms with Crippen LogP contribution in [0.15, 0.2) is 58.0 Å². The predicted molar refractivity (Wildman–Crippen MR) is 95.5 cm³/mol. The number of carbonyl (C=O) groups is 1. The normalized spacial score (nSPS) is 12.0. The molecule has 0 radical (unpaired) electrons. The molecule has 4 nitrogen and oxygen atoms in total. The molecule has 1 heterocycles. The van der Waals surface area contributed by atoms with Crippen LogP contribution in [0.5, 0.6) is 0 Å². The molecule has 0 bridgehead atoms. The summed E-state index contributed by atoms with van der Waals surface area (Å²) in [6, 6.07) is 15.5. The van der Waals surface area contributed by atoms with E-state index in [1.807, 2.05) is 71.6 Å². The summed E-state index contributed by atoms with van der Waals surface area (Å²) in [5.74, 6) is 0.0754. The Balaban J connectivity index is 2.09. The lowest BCUT2D eigenvalue weighted by molar-refractivity contribution is 0.0971. The Morgan fingerprint density at radius 2 is 1.74 bits per heavy atom. The van der Waals surface area contributed by atoms with Gasteiger partial charge in [-0.2, -0.15) is 0 Å². The summed E-state index contributed by atoms with van der Waals surface area (Å²) < 4.78 is 4.99. The van der Waals surface area contributed by atoms with Crippen molar-refractivity contribution in [1.29, 1.82) is 0 Å². The quantitative estimate of drug-likeness (QED) is 0.646. The van der Waals surface area contributed by atoms with Crippen LogP contribution in [-0.2, 0) is 13.6 Å². The fourth-order valence-electron chi connectivity index (χ4n) is 2.73. The van der Waals surface area contributed by atoms with Crippen molar-refractivity contribution in [3.63, 3.8) is 0 Å². The van der Waals surface area contributed by atoms with E-state index in [1.54, 1.807) is 0 Å². The van der Waals surface area contributed by atoms with E-state index in [1.165, 1.54) is 0 Å². The van der Waals surface area contributed by atoms with Crippen LogP contribution in [0.25, 0.3) is 11.0 Å². The monoisotopic (exact) mass is 371 g/mol. The van der Waals surface area contributed by atoms with Gasteiger partial charge in [-0.3, -0.25) is 9.79 Å². The summed E-state index contributed by atoms with van der Waals surface area (Å²) in [6.07, 6.45) is 0. The average Bonchev–Trinajstić information content (AvgIpc) is 2.82. The molecule has 3 rings (SSSR count). The molecule has 2 aromatic carbocycles. The van der Waals surface area contributed by atoms with Crippen LogP contribution in [-0.4, -0.2) is 21.5 Å². The molecule has 0 amide bonds. The number of imidazole rings is 1. The number of Topliss-reactive ketones (excluding diaryl/α,β-unsaturated/α-hetero) is 1. The number of nitrogens with zero attached hydrogens (tertiary/aromatic N) is 3. The number of fused-ring (bicyclic) bond motifs is 1. The average molecular weight is 372 g/mol. The molecule has 0 aliphatic heterocycles. The zero-order valence-electron chi connectivity index (χ0n) is 13.2. The van der Waals surface area contributed by atoms with Gasteiger partial charge in [0.05, 0.1) is 17.6 Å². The second-order valence-corrected chi connectivity index (χ2v) is 6.25. The van der Waals surface area contributed by atoms with Gasteiger partial charge in [0.2, 0.25) is 5.62 Å². The second-order valence-electron chi connectivity index (χ2n) is 5.34. The summed E-state index contributed by atoms with van der Waals surface area (Å²) in [5, 5.41) is 0. The number of benzene rings is 2. The van der Waals surface area contributed by atoms with Gasteiger partial charge in [-0.15, -0.1) is 0 Å². The Morgan fingerprint density at radius 3 is 2.39 bits per heavy atom. The Morgan fingerprint density at radius 1 is 1.09 bits per heavy atom. The van der Waals surface area contributed by atoms with Crippen molar-refractivity contribution in [2.45, 2.75) is 13.5 Å². The minimum absolute atomic E-state index is 0.0754. The fraction of sp³-hybridized carbons (Fsp3) is 0.222. The van der Waals surface area contributed by atoms with Crippen LogP contribution >= 0.6 is 15.9 Å². The van der Waals surface area contributed by atoms with Crippen molar-refractivity contribution in [1.82, 2.24) is 9.13 Å². The van der Waals surface area contributed by atoms with Gasteiger partial charge in [0.25, 0.3) is 0 Å². The van der Waals surface area contributed by atoms with Gasteiger partial charge in [-0.05, 0) is 31.2 Å². The van der Waals surface area contributed by atoms with E-state index in [4.69, 9.17) is 0 Å². The molecule has 0 atom stereocenters. The summed E-state index contributed by atoms with van der Waals surface area (Å²) >= 11 is 3.39. The maximum Gasteiger partial charge on any atom is 0.206 e. The molecular weight excluding hydrogens is 354 g/mol. The molecule has 0 aliphatic rings. The van der Waals surface area contributed by atoms with E-state index in [-0.39, 0.29) is 12.3 Å². The zero-order chi connectivity index (χ0) is 16.4. The number of aromatic nitrogens is 2. The maximum atomic E-state index is 12.6. The number of aryl methyl sites for hydroxylation is 1. The molecule has 0 saturated carbocycles. The highest BCUT2D eigenvalue weighted by atomic mass is 79.9. The van der Waals surface area contributed by atoms with Crippen molar-refractivity contribution in [2.24, 2.45) is 12.0 Å². The van der Waals surface area contributed by atoms with Crippen molar-refractivity contribution in [2.75, 3.05) is 6.54 Å². The van der Waals surface area contributed by atoms with Gasteiger partial charge < -0.3 is 9.13 Å². The van der Waals surface area contributed by atoms with Gasteiger partial charge in [-0.1, -0.05) is 40.2 Å². The van der Waals surface area contributed by atoms with E-state index in [0.29, 0.717) is 12.1 Å². The van der Waals surface area contributed by atoms with Gasteiger partial charge in [0.15, 0.2) is 5.78 Å². The first kappa shape index (κ1) is 15.7. The van der Waals surface area contributed by atoms with Crippen LogP contribution in [0.2, 0.25) is 0 Å². The van der Waals surface area contributed by atoms with Crippen molar-refractivity contribution < 1.29 is 4.79 Å². The van der Waals surface area contributed by atoms with E-state index < -0.39 is 0 Å². The lowest BCUT2D eigenvalue weighted by atomic mass is 10.1. The number of para-hydroxylation sites is 2. The second kappa shape index (κ2) is 6.54. The first-order valence-electron chi connectivity index (χ1n) is 7.55. The van der Waals surface area contributed by atoms with E-state index in [0.717, 1.165) is 21.1 Å².